The normalized spacial score (nSPS) is 12.3. The van der Waals surface area contributed by atoms with Gasteiger partial charge in [-0.05, 0) is 55.5 Å². The first kappa shape index (κ1) is 23.6. The van der Waals surface area contributed by atoms with Crippen molar-refractivity contribution in [3.8, 4) is 17.1 Å². The lowest BCUT2D eigenvalue weighted by Gasteiger charge is -2.14. The zero-order valence-corrected chi connectivity index (χ0v) is 19.6. The van der Waals surface area contributed by atoms with Crippen LogP contribution in [0.5, 0.6) is 0 Å². The Balaban J connectivity index is 1.58. The van der Waals surface area contributed by atoms with Crippen molar-refractivity contribution in [1.82, 2.24) is 14.8 Å². The molecule has 0 aliphatic carbocycles. The number of carbonyl (C=O) groups excluding carboxylic acids is 1. The average molecular weight is 498 g/mol. The molecule has 0 bridgehead atoms. The predicted molar refractivity (Wildman–Crippen MR) is 129 cm³/mol. The zero-order chi connectivity index (χ0) is 24.3. The van der Waals surface area contributed by atoms with Crippen LogP contribution < -0.4 is 10.5 Å². The van der Waals surface area contributed by atoms with E-state index in [0.29, 0.717) is 22.4 Å². The molecule has 1 aromatic heterocycles. The largest absolute Gasteiger partial charge is 0.325 e. The highest BCUT2D eigenvalue weighted by atomic mass is 32.2. The number of carbonyl (C=O) groups is 1. The summed E-state index contributed by atoms with van der Waals surface area (Å²) in [5.74, 6) is -0.127. The molecular weight excluding hydrogens is 477 g/mol. The third-order valence-corrected chi connectivity index (χ3v) is 6.82. The van der Waals surface area contributed by atoms with Crippen molar-refractivity contribution in [2.24, 2.45) is 5.14 Å². The molecule has 0 spiro atoms. The number of primary sulfonamides is 1. The predicted octanol–water partition coefficient (Wildman–Crippen LogP) is 3.84. The first-order valence-electron chi connectivity index (χ1n) is 10.1. The van der Waals surface area contributed by atoms with Crippen LogP contribution in [0.4, 0.5) is 10.1 Å². The number of sulfonamides is 1. The number of hydrogen-bond donors (Lipinski definition) is 2. The van der Waals surface area contributed by atoms with Crippen LogP contribution in [0.25, 0.3) is 17.1 Å². The molecule has 11 heteroatoms. The molecular formula is C23H20FN5O3S2. The fraction of sp³-hybridized carbons (Fsp3) is 0.0870. The third kappa shape index (κ3) is 5.33. The number of nitrogens with one attached hydrogen (secondary N) is 1. The van der Waals surface area contributed by atoms with Crippen LogP contribution in [0.15, 0.2) is 88.9 Å². The van der Waals surface area contributed by atoms with Crippen molar-refractivity contribution < 1.29 is 17.6 Å². The molecule has 0 radical (unpaired) electrons. The Morgan fingerprint density at radius 2 is 1.65 bits per heavy atom. The Kier molecular flexibility index (Phi) is 6.77. The van der Waals surface area contributed by atoms with Crippen LogP contribution in [-0.4, -0.2) is 34.3 Å². The monoisotopic (exact) mass is 497 g/mol. The molecule has 1 atom stereocenters. The van der Waals surface area contributed by atoms with Gasteiger partial charge in [0.05, 0.1) is 10.1 Å². The maximum Gasteiger partial charge on any atom is 0.238 e. The summed E-state index contributed by atoms with van der Waals surface area (Å²) >= 11 is 1.19. The molecule has 8 nitrogen and oxygen atoms in total. The lowest BCUT2D eigenvalue weighted by atomic mass is 10.2. The highest BCUT2D eigenvalue weighted by Gasteiger charge is 2.22. The van der Waals surface area contributed by atoms with E-state index in [0.717, 1.165) is 5.56 Å². The number of nitrogens with two attached hydrogens (primary N) is 1. The van der Waals surface area contributed by atoms with E-state index < -0.39 is 15.3 Å². The summed E-state index contributed by atoms with van der Waals surface area (Å²) in [4.78, 5) is 12.7. The summed E-state index contributed by atoms with van der Waals surface area (Å²) in [7, 11) is -3.82. The molecule has 3 N–H and O–H groups in total. The highest BCUT2D eigenvalue weighted by Crippen LogP contribution is 2.30. The Hall–Kier alpha value is -3.54. The first-order valence-corrected chi connectivity index (χ1v) is 12.5. The van der Waals surface area contributed by atoms with Crippen molar-refractivity contribution in [2.75, 3.05) is 5.32 Å². The van der Waals surface area contributed by atoms with Gasteiger partial charge >= 0.3 is 0 Å². The molecule has 174 valence electrons. The Bertz CT molecular complexity index is 1410. The fourth-order valence-corrected chi connectivity index (χ4v) is 4.51. The van der Waals surface area contributed by atoms with Gasteiger partial charge in [-0.2, -0.15) is 0 Å². The number of amides is 1. The van der Waals surface area contributed by atoms with E-state index in [1.807, 2.05) is 30.3 Å². The van der Waals surface area contributed by atoms with Crippen molar-refractivity contribution >= 4 is 33.4 Å². The lowest BCUT2D eigenvalue weighted by Crippen LogP contribution is -2.23. The molecule has 0 saturated carbocycles. The summed E-state index contributed by atoms with van der Waals surface area (Å²) < 4.78 is 38.1. The Morgan fingerprint density at radius 1 is 1.00 bits per heavy atom. The van der Waals surface area contributed by atoms with Crippen LogP contribution >= 0.6 is 11.8 Å². The minimum absolute atomic E-state index is 0.0474. The topological polar surface area (TPSA) is 120 Å². The van der Waals surface area contributed by atoms with Gasteiger partial charge in [0.15, 0.2) is 11.0 Å². The lowest BCUT2D eigenvalue weighted by molar-refractivity contribution is -0.115. The van der Waals surface area contributed by atoms with Gasteiger partial charge < -0.3 is 5.32 Å². The molecule has 0 fully saturated rings. The number of rotatable bonds is 7. The van der Waals surface area contributed by atoms with Gasteiger partial charge in [0, 0.05) is 16.9 Å². The van der Waals surface area contributed by atoms with Crippen molar-refractivity contribution in [2.45, 2.75) is 22.2 Å². The van der Waals surface area contributed by atoms with Gasteiger partial charge in [-0.3, -0.25) is 9.36 Å². The van der Waals surface area contributed by atoms with E-state index >= 15 is 0 Å². The quantitative estimate of drug-likeness (QED) is 0.374. The second kappa shape index (κ2) is 9.75. The summed E-state index contributed by atoms with van der Waals surface area (Å²) in [6.45, 7) is 1.71. The van der Waals surface area contributed by atoms with E-state index in [-0.39, 0.29) is 16.6 Å². The summed E-state index contributed by atoms with van der Waals surface area (Å²) in [6, 6.07) is 20.9. The van der Waals surface area contributed by atoms with Gasteiger partial charge in [-0.15, -0.1) is 10.2 Å². The van der Waals surface area contributed by atoms with Crippen LogP contribution in [0.1, 0.15) is 6.92 Å². The molecule has 4 aromatic rings. The minimum atomic E-state index is -3.82. The second-order valence-corrected chi connectivity index (χ2v) is 10.2. The maximum absolute atomic E-state index is 13.5. The van der Waals surface area contributed by atoms with Crippen molar-refractivity contribution in [1.29, 1.82) is 0 Å². The number of halogens is 1. The van der Waals surface area contributed by atoms with Gasteiger partial charge in [0.2, 0.25) is 15.9 Å². The zero-order valence-electron chi connectivity index (χ0n) is 17.9. The van der Waals surface area contributed by atoms with E-state index in [1.54, 1.807) is 23.6 Å². The number of hydrogen-bond acceptors (Lipinski definition) is 6. The van der Waals surface area contributed by atoms with Gasteiger partial charge in [-0.1, -0.05) is 42.1 Å². The van der Waals surface area contributed by atoms with Gasteiger partial charge in [0.1, 0.15) is 5.82 Å². The smallest absolute Gasteiger partial charge is 0.238 e. The number of anilines is 1. The van der Waals surface area contributed by atoms with Crippen LogP contribution in [0.3, 0.4) is 0 Å². The molecule has 1 unspecified atom stereocenters. The van der Waals surface area contributed by atoms with Gasteiger partial charge in [0.25, 0.3) is 0 Å². The number of aromatic nitrogens is 3. The number of thioether (sulfide) groups is 1. The van der Waals surface area contributed by atoms with Gasteiger partial charge in [-0.25, -0.2) is 17.9 Å². The third-order valence-electron chi connectivity index (χ3n) is 4.85. The Labute approximate surface area is 200 Å². The minimum Gasteiger partial charge on any atom is -0.325 e. The average Bonchev–Trinajstić information content (AvgIpc) is 3.23. The second-order valence-electron chi connectivity index (χ2n) is 7.30. The van der Waals surface area contributed by atoms with E-state index in [2.05, 4.69) is 15.5 Å². The summed E-state index contributed by atoms with van der Waals surface area (Å²) in [5, 5.41) is 16.3. The number of nitrogens with zero attached hydrogens (tertiary/aromatic N) is 3. The molecule has 0 aliphatic rings. The molecule has 34 heavy (non-hydrogen) atoms. The fourth-order valence-electron chi connectivity index (χ4n) is 3.13. The molecule has 3 aromatic carbocycles. The van der Waals surface area contributed by atoms with Crippen molar-refractivity contribution in [3.05, 3.63) is 84.7 Å². The molecule has 1 heterocycles. The summed E-state index contributed by atoms with van der Waals surface area (Å²) in [6.07, 6.45) is 0. The standard InChI is InChI=1S/C23H20FN5O3S2/c1-15(22(30)26-18-9-13-20(14-10-18)34(25,31)32)33-23-28-27-21(16-5-3-2-4-6-16)29(23)19-11-7-17(24)8-12-19/h2-15H,1H3,(H,26,30)(H2,25,31,32). The van der Waals surface area contributed by atoms with E-state index in [9.17, 15) is 17.6 Å². The molecule has 4 rings (SSSR count). The van der Waals surface area contributed by atoms with Crippen LogP contribution in [0.2, 0.25) is 0 Å². The summed E-state index contributed by atoms with van der Waals surface area (Å²) in [5.41, 5.74) is 1.90. The van der Waals surface area contributed by atoms with Crippen LogP contribution in [0, 0.1) is 5.82 Å². The molecule has 0 saturated heterocycles. The first-order chi connectivity index (χ1) is 16.2. The maximum atomic E-state index is 13.5. The Morgan fingerprint density at radius 3 is 2.26 bits per heavy atom. The number of benzene rings is 3. The molecule has 0 aliphatic heterocycles. The SMILES string of the molecule is CC(Sc1nnc(-c2ccccc2)n1-c1ccc(F)cc1)C(=O)Nc1ccc(S(N)(=O)=O)cc1. The highest BCUT2D eigenvalue weighted by molar-refractivity contribution is 8.00. The van der Waals surface area contributed by atoms with E-state index in [1.165, 1.54) is 48.2 Å². The van der Waals surface area contributed by atoms with Crippen LogP contribution in [-0.2, 0) is 14.8 Å². The molecule has 1 amide bonds. The van der Waals surface area contributed by atoms with E-state index in [4.69, 9.17) is 5.14 Å². The van der Waals surface area contributed by atoms with Crippen molar-refractivity contribution in [3.63, 3.8) is 0 Å².